The first-order chi connectivity index (χ1) is 6.83. The smallest absolute Gasteiger partial charge is 0.196 e. The van der Waals surface area contributed by atoms with E-state index in [-0.39, 0.29) is 0 Å². The van der Waals surface area contributed by atoms with Crippen LogP contribution in [-0.4, -0.2) is 6.13 Å². The van der Waals surface area contributed by atoms with Crippen molar-refractivity contribution in [1.29, 1.82) is 0 Å². The maximum absolute atomic E-state index is 6.09. The van der Waals surface area contributed by atoms with Gasteiger partial charge in [-0.1, -0.05) is 70.9 Å². The van der Waals surface area contributed by atoms with Crippen molar-refractivity contribution < 1.29 is 0 Å². The van der Waals surface area contributed by atoms with Crippen LogP contribution in [0.2, 0.25) is 12.6 Å². The molecule has 2 heteroatoms. The van der Waals surface area contributed by atoms with Gasteiger partial charge in [-0.05, 0) is 5.92 Å². The maximum atomic E-state index is 6.09. The molecule has 0 bridgehead atoms. The fourth-order valence-electron chi connectivity index (χ4n) is 2.49. The highest BCUT2D eigenvalue weighted by atomic mass is 35.5. The summed E-state index contributed by atoms with van der Waals surface area (Å²) < 4.78 is 0. The summed E-state index contributed by atoms with van der Waals surface area (Å²) in [5.41, 5.74) is 0. The van der Waals surface area contributed by atoms with Crippen LogP contribution in [0.25, 0.3) is 0 Å². The molecule has 1 saturated heterocycles. The highest BCUT2D eigenvalue weighted by Gasteiger charge is 2.25. The van der Waals surface area contributed by atoms with Gasteiger partial charge in [0.15, 0.2) is 0 Å². The molecule has 0 aliphatic carbocycles. The van der Waals surface area contributed by atoms with Crippen LogP contribution >= 0.6 is 11.5 Å². The standard InChI is InChI=1S/C12H24BCl/c1-2-3-4-5-6-7-8-12-9-10-13(14)11-12/h12H,2-11H2,1H3/t12-/m0/s1. The van der Waals surface area contributed by atoms with Gasteiger partial charge in [-0.25, -0.2) is 0 Å². The Balaban J connectivity index is 1.84. The van der Waals surface area contributed by atoms with Crippen LogP contribution in [0, 0.1) is 5.92 Å². The minimum atomic E-state index is 0.500. The summed E-state index contributed by atoms with van der Waals surface area (Å²) in [6.07, 6.45) is 14.5. The van der Waals surface area contributed by atoms with Crippen molar-refractivity contribution in [3.63, 3.8) is 0 Å². The van der Waals surface area contributed by atoms with E-state index in [0.717, 1.165) is 5.92 Å². The molecular formula is C12H24BCl. The molecule has 82 valence electrons. The van der Waals surface area contributed by atoms with E-state index < -0.39 is 0 Å². The number of halogens is 1. The zero-order valence-corrected chi connectivity index (χ0v) is 10.4. The lowest BCUT2D eigenvalue weighted by Gasteiger charge is -2.08. The number of rotatable bonds is 7. The lowest BCUT2D eigenvalue weighted by Crippen LogP contribution is -1.97. The molecule has 0 saturated carbocycles. The topological polar surface area (TPSA) is 0 Å². The van der Waals surface area contributed by atoms with Crippen LogP contribution in [0.4, 0.5) is 0 Å². The molecule has 0 aromatic carbocycles. The minimum Gasteiger partial charge on any atom is -0.196 e. The van der Waals surface area contributed by atoms with Crippen LogP contribution in [0.15, 0.2) is 0 Å². The predicted molar refractivity (Wildman–Crippen MR) is 67.3 cm³/mol. The summed E-state index contributed by atoms with van der Waals surface area (Å²) in [7, 11) is 0. The average molecular weight is 215 g/mol. The van der Waals surface area contributed by atoms with E-state index in [0.29, 0.717) is 6.13 Å². The van der Waals surface area contributed by atoms with Crippen LogP contribution in [-0.2, 0) is 0 Å². The SMILES string of the molecule is CCCCCCCC[C@H]1CCB(Cl)C1. The molecule has 1 aliphatic heterocycles. The van der Waals surface area contributed by atoms with Gasteiger partial charge in [0.2, 0.25) is 0 Å². The van der Waals surface area contributed by atoms with Crippen molar-refractivity contribution >= 4 is 17.6 Å². The molecule has 0 spiro atoms. The highest BCUT2D eigenvalue weighted by molar-refractivity contribution is 7.07. The first kappa shape index (κ1) is 12.4. The summed E-state index contributed by atoms with van der Waals surface area (Å²) in [6, 6.07) is 0. The molecule has 1 rings (SSSR count). The van der Waals surface area contributed by atoms with Gasteiger partial charge in [-0.2, -0.15) is 11.5 Å². The summed E-state index contributed by atoms with van der Waals surface area (Å²) in [6.45, 7) is 2.28. The summed E-state index contributed by atoms with van der Waals surface area (Å²) in [4.78, 5) is 0. The molecule has 1 fully saturated rings. The van der Waals surface area contributed by atoms with Gasteiger partial charge in [0.25, 0.3) is 6.13 Å². The van der Waals surface area contributed by atoms with Gasteiger partial charge in [-0.3, -0.25) is 0 Å². The number of hydrogen-bond donors (Lipinski definition) is 0. The van der Waals surface area contributed by atoms with Gasteiger partial charge in [-0.15, -0.1) is 0 Å². The lowest BCUT2D eigenvalue weighted by molar-refractivity contribution is 0.486. The molecule has 1 atom stereocenters. The van der Waals surface area contributed by atoms with Crippen molar-refractivity contribution in [2.75, 3.05) is 0 Å². The molecule has 0 N–H and O–H groups in total. The second kappa shape index (κ2) is 7.62. The van der Waals surface area contributed by atoms with E-state index in [1.165, 1.54) is 64.0 Å². The van der Waals surface area contributed by atoms with Gasteiger partial charge in [0.1, 0.15) is 0 Å². The van der Waals surface area contributed by atoms with Crippen LogP contribution in [0.5, 0.6) is 0 Å². The lowest BCUT2D eigenvalue weighted by atomic mass is 9.73. The number of unbranched alkanes of at least 4 members (excludes halogenated alkanes) is 5. The van der Waals surface area contributed by atoms with Crippen LogP contribution < -0.4 is 0 Å². The molecule has 1 heterocycles. The molecule has 0 amide bonds. The third-order valence-corrected chi connectivity index (χ3v) is 3.84. The molecule has 0 aromatic heterocycles. The second-order valence-electron chi connectivity index (χ2n) is 4.83. The first-order valence-electron chi connectivity index (χ1n) is 6.47. The van der Waals surface area contributed by atoms with E-state index in [1.807, 2.05) is 0 Å². The van der Waals surface area contributed by atoms with E-state index in [4.69, 9.17) is 11.5 Å². The Morgan fingerprint density at radius 3 is 2.50 bits per heavy atom. The Morgan fingerprint density at radius 2 is 1.86 bits per heavy atom. The molecular weight excluding hydrogens is 190 g/mol. The zero-order chi connectivity index (χ0) is 10.2. The van der Waals surface area contributed by atoms with E-state index in [9.17, 15) is 0 Å². The molecule has 0 aromatic rings. The average Bonchev–Trinajstić information content (AvgIpc) is 2.58. The number of hydrogen-bond acceptors (Lipinski definition) is 0. The molecule has 14 heavy (non-hydrogen) atoms. The quantitative estimate of drug-likeness (QED) is 0.414. The Hall–Kier alpha value is 0.355. The Labute approximate surface area is 94.8 Å². The Morgan fingerprint density at radius 1 is 1.14 bits per heavy atom. The van der Waals surface area contributed by atoms with Gasteiger partial charge in [0.05, 0.1) is 0 Å². The van der Waals surface area contributed by atoms with Crippen molar-refractivity contribution in [2.24, 2.45) is 5.92 Å². The second-order valence-corrected chi connectivity index (χ2v) is 5.45. The van der Waals surface area contributed by atoms with Gasteiger partial charge < -0.3 is 0 Å². The minimum absolute atomic E-state index is 0.500. The molecule has 1 aliphatic rings. The summed E-state index contributed by atoms with van der Waals surface area (Å²) >= 11 is 6.09. The van der Waals surface area contributed by atoms with Crippen molar-refractivity contribution in [1.82, 2.24) is 0 Å². The van der Waals surface area contributed by atoms with Crippen LogP contribution in [0.3, 0.4) is 0 Å². The fraction of sp³-hybridized carbons (Fsp3) is 1.00. The van der Waals surface area contributed by atoms with Crippen molar-refractivity contribution in [3.05, 3.63) is 0 Å². The summed E-state index contributed by atoms with van der Waals surface area (Å²) in [5.74, 6) is 0.962. The largest absolute Gasteiger partial charge is 0.250 e. The molecule has 0 radical (unpaired) electrons. The zero-order valence-electron chi connectivity index (χ0n) is 9.60. The Bertz CT molecular complexity index is 138. The summed E-state index contributed by atoms with van der Waals surface area (Å²) in [5, 5.41) is 0. The molecule has 0 nitrogen and oxygen atoms in total. The Kier molecular flexibility index (Phi) is 6.76. The highest BCUT2D eigenvalue weighted by Crippen LogP contribution is 2.32. The van der Waals surface area contributed by atoms with Crippen LogP contribution in [0.1, 0.15) is 58.3 Å². The normalized spacial score (nSPS) is 21.9. The van der Waals surface area contributed by atoms with Crippen molar-refractivity contribution in [2.45, 2.75) is 70.9 Å². The van der Waals surface area contributed by atoms with Crippen molar-refractivity contribution in [3.8, 4) is 0 Å². The van der Waals surface area contributed by atoms with Gasteiger partial charge >= 0.3 is 0 Å². The van der Waals surface area contributed by atoms with E-state index >= 15 is 0 Å². The van der Waals surface area contributed by atoms with Gasteiger partial charge in [0, 0.05) is 0 Å². The first-order valence-corrected chi connectivity index (χ1v) is 6.90. The third-order valence-electron chi connectivity index (χ3n) is 3.44. The predicted octanol–water partition coefficient (Wildman–Crippen LogP) is 4.99. The molecule has 0 unspecified atom stereocenters. The monoisotopic (exact) mass is 214 g/mol. The van der Waals surface area contributed by atoms with E-state index in [1.54, 1.807) is 0 Å². The third kappa shape index (κ3) is 5.29. The maximum Gasteiger partial charge on any atom is 0.250 e. The fourth-order valence-corrected chi connectivity index (χ4v) is 2.87. The van der Waals surface area contributed by atoms with E-state index in [2.05, 4.69) is 6.92 Å².